The second-order valence-corrected chi connectivity index (χ2v) is 4.18. The van der Waals surface area contributed by atoms with Crippen molar-refractivity contribution in [3.05, 3.63) is 24.4 Å². The normalized spacial score (nSPS) is 23.2. The van der Waals surface area contributed by atoms with Crippen molar-refractivity contribution in [3.8, 4) is 0 Å². The van der Waals surface area contributed by atoms with Crippen LogP contribution in [-0.4, -0.2) is 18.3 Å². The van der Waals surface area contributed by atoms with Crippen molar-refractivity contribution < 1.29 is 0 Å². The van der Waals surface area contributed by atoms with E-state index in [1.807, 2.05) is 13.1 Å². The van der Waals surface area contributed by atoms with Crippen molar-refractivity contribution in [1.29, 1.82) is 0 Å². The molecule has 2 unspecified atom stereocenters. The second-order valence-electron chi connectivity index (χ2n) is 4.18. The molecular weight excluding hydrogens is 184 g/mol. The van der Waals surface area contributed by atoms with Gasteiger partial charge in [-0.25, -0.2) is 0 Å². The Labute approximate surface area is 93.2 Å². The van der Waals surface area contributed by atoms with Gasteiger partial charge in [0.15, 0.2) is 0 Å². The first kappa shape index (κ1) is 12.2. The topological polar surface area (TPSA) is 24.4 Å². The highest BCUT2D eigenvalue weighted by Gasteiger charge is 2.12. The van der Waals surface area contributed by atoms with Gasteiger partial charge in [0.05, 0.1) is 0 Å². The molecule has 1 rings (SSSR count). The number of rotatable bonds is 5. The van der Waals surface area contributed by atoms with Gasteiger partial charge in [0.1, 0.15) is 0 Å². The van der Waals surface area contributed by atoms with Crippen LogP contribution in [0, 0.1) is 0 Å². The second kappa shape index (κ2) is 6.57. The van der Waals surface area contributed by atoms with E-state index in [4.69, 9.17) is 0 Å². The minimum Gasteiger partial charge on any atom is -0.306 e. The van der Waals surface area contributed by atoms with Gasteiger partial charge in [-0.05, 0) is 32.6 Å². The van der Waals surface area contributed by atoms with Crippen LogP contribution in [-0.2, 0) is 0 Å². The van der Waals surface area contributed by atoms with E-state index in [1.165, 1.54) is 12.8 Å². The summed E-state index contributed by atoms with van der Waals surface area (Å²) in [6.45, 7) is 7.88. The first-order valence-corrected chi connectivity index (χ1v) is 5.83. The Bertz CT molecular complexity index is 253. The summed E-state index contributed by atoms with van der Waals surface area (Å²) in [6.07, 6.45) is 11.2. The quantitative estimate of drug-likeness (QED) is 0.542. The summed E-state index contributed by atoms with van der Waals surface area (Å²) in [7, 11) is 0. The third-order valence-electron chi connectivity index (χ3n) is 2.63. The van der Waals surface area contributed by atoms with Gasteiger partial charge >= 0.3 is 0 Å². The smallest absolute Gasteiger partial charge is 0.0424 e. The van der Waals surface area contributed by atoms with Crippen molar-refractivity contribution in [2.24, 2.45) is 4.99 Å². The fourth-order valence-electron chi connectivity index (χ4n) is 1.73. The lowest BCUT2D eigenvalue weighted by atomic mass is 10.0. The van der Waals surface area contributed by atoms with Gasteiger partial charge in [-0.15, -0.1) is 0 Å². The Morgan fingerprint density at radius 3 is 3.00 bits per heavy atom. The standard InChI is InChI=1S/C13H22N2/c1-4-12(10-14-11(2)3)15-13-8-6-5-7-9-13/h5-6,10,12-13,15H,2,4,7-9H2,1,3H3/b14-10-. The fourth-order valence-corrected chi connectivity index (χ4v) is 1.73. The third kappa shape index (κ3) is 4.93. The Hall–Kier alpha value is -0.890. The van der Waals surface area contributed by atoms with Crippen molar-refractivity contribution in [1.82, 2.24) is 5.32 Å². The molecule has 0 aromatic rings. The SMILES string of the molecule is C=C(C)/N=C\C(CC)NC1CC=CCC1. The number of allylic oxidation sites excluding steroid dienone is 2. The predicted molar refractivity (Wildman–Crippen MR) is 67.3 cm³/mol. The summed E-state index contributed by atoms with van der Waals surface area (Å²) in [5.41, 5.74) is 0.874. The molecule has 1 aliphatic rings. The molecule has 0 saturated heterocycles. The van der Waals surface area contributed by atoms with Crippen LogP contribution in [0.3, 0.4) is 0 Å². The zero-order valence-electron chi connectivity index (χ0n) is 9.87. The van der Waals surface area contributed by atoms with Gasteiger partial charge in [0.25, 0.3) is 0 Å². The largest absolute Gasteiger partial charge is 0.306 e. The molecule has 2 heteroatoms. The Balaban J connectivity index is 2.38. The van der Waals surface area contributed by atoms with Crippen LogP contribution in [0.1, 0.15) is 39.5 Å². The first-order chi connectivity index (χ1) is 7.22. The van der Waals surface area contributed by atoms with Crippen LogP contribution < -0.4 is 5.32 Å². The molecule has 0 amide bonds. The minimum absolute atomic E-state index is 0.387. The van der Waals surface area contributed by atoms with E-state index in [1.54, 1.807) is 0 Å². The van der Waals surface area contributed by atoms with Crippen molar-refractivity contribution in [2.75, 3.05) is 0 Å². The summed E-state index contributed by atoms with van der Waals surface area (Å²) in [5.74, 6) is 0. The van der Waals surface area contributed by atoms with Crippen LogP contribution in [0.5, 0.6) is 0 Å². The van der Waals surface area contributed by atoms with Crippen LogP contribution in [0.15, 0.2) is 29.4 Å². The molecule has 1 aliphatic carbocycles. The number of hydrogen-bond donors (Lipinski definition) is 1. The molecule has 0 aromatic carbocycles. The number of nitrogens with zero attached hydrogens (tertiary/aromatic N) is 1. The Morgan fingerprint density at radius 2 is 2.47 bits per heavy atom. The van der Waals surface area contributed by atoms with Crippen molar-refractivity contribution >= 4 is 6.21 Å². The first-order valence-electron chi connectivity index (χ1n) is 5.83. The average Bonchev–Trinajstić information content (AvgIpc) is 2.25. The molecule has 2 atom stereocenters. The zero-order chi connectivity index (χ0) is 11.1. The molecule has 0 fully saturated rings. The third-order valence-corrected chi connectivity index (χ3v) is 2.63. The molecular formula is C13H22N2. The molecule has 0 heterocycles. The van der Waals surface area contributed by atoms with Gasteiger partial charge < -0.3 is 5.32 Å². The van der Waals surface area contributed by atoms with Gasteiger partial charge in [0, 0.05) is 24.0 Å². The maximum atomic E-state index is 4.26. The summed E-state index contributed by atoms with van der Waals surface area (Å²) in [5, 5.41) is 3.62. The average molecular weight is 206 g/mol. The maximum absolute atomic E-state index is 4.26. The monoisotopic (exact) mass is 206 g/mol. The molecule has 0 aromatic heterocycles. The summed E-state index contributed by atoms with van der Waals surface area (Å²) < 4.78 is 0. The van der Waals surface area contributed by atoms with Crippen LogP contribution in [0.4, 0.5) is 0 Å². The highest BCUT2D eigenvalue weighted by molar-refractivity contribution is 5.65. The zero-order valence-corrected chi connectivity index (χ0v) is 9.87. The molecule has 1 N–H and O–H groups in total. The highest BCUT2D eigenvalue weighted by atomic mass is 15.0. The molecule has 0 radical (unpaired) electrons. The number of hydrogen-bond acceptors (Lipinski definition) is 2. The summed E-state index contributed by atoms with van der Waals surface area (Å²) in [4.78, 5) is 4.26. The molecule has 0 bridgehead atoms. The highest BCUT2D eigenvalue weighted by Crippen LogP contribution is 2.11. The van der Waals surface area contributed by atoms with E-state index >= 15 is 0 Å². The molecule has 2 nitrogen and oxygen atoms in total. The van der Waals surface area contributed by atoms with Crippen molar-refractivity contribution in [2.45, 2.75) is 51.6 Å². The molecule has 84 valence electrons. The minimum atomic E-state index is 0.387. The summed E-state index contributed by atoms with van der Waals surface area (Å²) in [6, 6.07) is 1.01. The van der Waals surface area contributed by atoms with Gasteiger partial charge in [-0.2, -0.15) is 0 Å². The molecule has 0 saturated carbocycles. The van der Waals surface area contributed by atoms with Crippen LogP contribution in [0.25, 0.3) is 0 Å². The Kier molecular flexibility index (Phi) is 5.33. The lowest BCUT2D eigenvalue weighted by Crippen LogP contribution is -2.39. The number of aliphatic imine (C=N–C) groups is 1. The Morgan fingerprint density at radius 1 is 1.67 bits per heavy atom. The van der Waals surface area contributed by atoms with Crippen LogP contribution >= 0.6 is 0 Å². The van der Waals surface area contributed by atoms with E-state index in [0.717, 1.165) is 18.5 Å². The summed E-state index contributed by atoms with van der Waals surface area (Å²) >= 11 is 0. The molecule has 0 spiro atoms. The van der Waals surface area contributed by atoms with Gasteiger partial charge in [0.2, 0.25) is 0 Å². The van der Waals surface area contributed by atoms with E-state index < -0.39 is 0 Å². The van der Waals surface area contributed by atoms with Gasteiger partial charge in [-0.3, -0.25) is 4.99 Å². The van der Waals surface area contributed by atoms with E-state index in [2.05, 4.69) is 36.0 Å². The molecule has 15 heavy (non-hydrogen) atoms. The number of nitrogens with one attached hydrogen (secondary N) is 1. The molecule has 0 aliphatic heterocycles. The van der Waals surface area contributed by atoms with Gasteiger partial charge in [-0.1, -0.05) is 25.7 Å². The predicted octanol–water partition coefficient (Wildman–Crippen LogP) is 3.07. The van der Waals surface area contributed by atoms with Crippen LogP contribution in [0.2, 0.25) is 0 Å². The lowest BCUT2D eigenvalue weighted by Gasteiger charge is -2.23. The lowest BCUT2D eigenvalue weighted by molar-refractivity contribution is 0.448. The van der Waals surface area contributed by atoms with Crippen molar-refractivity contribution in [3.63, 3.8) is 0 Å². The fraction of sp³-hybridized carbons (Fsp3) is 0.615. The van der Waals surface area contributed by atoms with E-state index in [0.29, 0.717) is 12.1 Å². The van der Waals surface area contributed by atoms with E-state index in [9.17, 15) is 0 Å². The maximum Gasteiger partial charge on any atom is 0.0424 e. The van der Waals surface area contributed by atoms with E-state index in [-0.39, 0.29) is 0 Å².